The van der Waals surface area contributed by atoms with Gasteiger partial charge in [-0.15, -0.1) is 0 Å². The number of carbonyl (C=O) groups excluding carboxylic acids is 1. The summed E-state index contributed by atoms with van der Waals surface area (Å²) >= 11 is 0. The lowest BCUT2D eigenvalue weighted by Gasteiger charge is -2.20. The largest absolute Gasteiger partial charge is 0.520 e. The van der Waals surface area contributed by atoms with Crippen LogP contribution in [0.15, 0.2) is 83.8 Å². The van der Waals surface area contributed by atoms with Crippen LogP contribution in [-0.2, 0) is 32.5 Å². The molecule has 6 nitrogen and oxygen atoms in total. The molecule has 1 aliphatic rings. The van der Waals surface area contributed by atoms with Gasteiger partial charge in [-0.3, -0.25) is 4.79 Å². The average Bonchev–Trinajstić information content (AvgIpc) is 3.15. The Morgan fingerprint density at radius 2 is 1.61 bits per heavy atom. The van der Waals surface area contributed by atoms with Gasteiger partial charge < -0.3 is 9.39 Å². The summed E-state index contributed by atoms with van der Waals surface area (Å²) in [5.41, 5.74) is 2.81. The van der Waals surface area contributed by atoms with E-state index in [2.05, 4.69) is 0 Å². The smallest absolute Gasteiger partial charge is 0.498 e. The predicted octanol–water partition coefficient (Wildman–Crippen LogP) is 3.27. The quantitative estimate of drug-likeness (QED) is 0.534. The molecule has 0 aromatic heterocycles. The van der Waals surface area contributed by atoms with Crippen molar-refractivity contribution in [2.75, 3.05) is 0 Å². The topological polar surface area (TPSA) is 72.9 Å². The normalized spacial score (nSPS) is 16.5. The van der Waals surface area contributed by atoms with Gasteiger partial charge in [0.25, 0.3) is 0 Å². The highest BCUT2D eigenvalue weighted by Gasteiger charge is 2.44. The Hall–Kier alpha value is -3.10. The number of ether oxygens (including phenoxy) is 1. The molecule has 8 heteroatoms. The minimum absolute atomic E-state index is 0.113. The Bertz CT molecular complexity index is 1150. The first-order valence-electron chi connectivity index (χ1n) is 9.83. The first kappa shape index (κ1) is 21.1. The van der Waals surface area contributed by atoms with Crippen LogP contribution >= 0.6 is 0 Å². The zero-order valence-corrected chi connectivity index (χ0v) is 17.8. The minimum Gasteiger partial charge on any atom is -0.520 e. The maximum atomic E-state index is 13.0. The second-order valence-electron chi connectivity index (χ2n) is 7.33. The van der Waals surface area contributed by atoms with Crippen LogP contribution in [-0.4, -0.2) is 32.3 Å². The third-order valence-corrected chi connectivity index (χ3v) is 6.81. The van der Waals surface area contributed by atoms with Crippen molar-refractivity contribution in [1.29, 1.82) is 0 Å². The van der Waals surface area contributed by atoms with Crippen LogP contribution in [0.4, 0.5) is 0 Å². The Kier molecular flexibility index (Phi) is 6.11. The molecule has 0 N–H and O–H groups in total. The Morgan fingerprint density at radius 3 is 2.29 bits per heavy atom. The van der Waals surface area contributed by atoms with E-state index in [0.717, 1.165) is 28.5 Å². The number of sulfonamides is 1. The molecule has 1 saturated heterocycles. The number of benzene rings is 3. The van der Waals surface area contributed by atoms with Gasteiger partial charge in [0.2, 0.25) is 10.0 Å². The maximum absolute atomic E-state index is 13.0. The lowest BCUT2D eigenvalue weighted by molar-refractivity contribution is -0.134. The Balaban J connectivity index is 1.45. The SMILES string of the molecule is Cc1ccc(S(=O)(=O)N2[B]OC(=O)[C@@H]2Cc2ccc(OCc3ccccc3)cc2)cc1. The van der Waals surface area contributed by atoms with Crippen molar-refractivity contribution in [2.45, 2.75) is 30.9 Å². The van der Waals surface area contributed by atoms with Gasteiger partial charge in [0.05, 0.1) is 4.90 Å². The van der Waals surface area contributed by atoms with Crippen molar-refractivity contribution in [2.24, 2.45) is 0 Å². The lowest BCUT2D eigenvalue weighted by atomic mass is 10.1. The number of carbonyl (C=O) groups is 1. The number of nitrogens with zero attached hydrogens (tertiary/aromatic N) is 1. The molecule has 0 amide bonds. The van der Waals surface area contributed by atoms with Crippen molar-refractivity contribution in [3.63, 3.8) is 0 Å². The summed E-state index contributed by atoms with van der Waals surface area (Å²) in [6.45, 7) is 2.33. The summed E-state index contributed by atoms with van der Waals surface area (Å²) < 4.78 is 37.7. The standard InChI is InChI=1S/C23H21BNO5S/c1-17-7-13-21(14-8-17)31(27,28)25-22(23(26)30-24-25)15-18-9-11-20(12-10-18)29-16-19-5-3-2-4-6-19/h2-14,22H,15-16H2,1H3/t22-/m0/s1. The van der Waals surface area contributed by atoms with Gasteiger partial charge in [0.1, 0.15) is 18.4 Å². The first-order chi connectivity index (χ1) is 14.9. The molecule has 3 aromatic carbocycles. The number of aryl methyl sites for hydroxylation is 1. The summed E-state index contributed by atoms with van der Waals surface area (Å²) in [4.78, 5) is 12.4. The van der Waals surface area contributed by atoms with Gasteiger partial charge in [0.15, 0.2) is 0 Å². The van der Waals surface area contributed by atoms with Crippen LogP contribution in [0.3, 0.4) is 0 Å². The molecule has 157 valence electrons. The molecule has 4 rings (SSSR count). The fourth-order valence-corrected chi connectivity index (χ4v) is 4.65. The van der Waals surface area contributed by atoms with E-state index in [1.807, 2.05) is 49.4 Å². The third kappa shape index (κ3) is 4.81. The zero-order chi connectivity index (χ0) is 21.8. The van der Waals surface area contributed by atoms with Crippen LogP contribution in [0.2, 0.25) is 0 Å². The summed E-state index contributed by atoms with van der Waals surface area (Å²) in [7, 11) is -2.91. The Labute approximate surface area is 182 Å². The second kappa shape index (κ2) is 8.95. The molecule has 0 bridgehead atoms. The Morgan fingerprint density at radius 1 is 0.935 bits per heavy atom. The highest BCUT2D eigenvalue weighted by atomic mass is 32.2. The average molecular weight is 434 g/mol. The number of rotatable bonds is 7. The van der Waals surface area contributed by atoms with E-state index in [1.165, 1.54) is 12.1 Å². The molecule has 0 aliphatic carbocycles. The second-order valence-corrected chi connectivity index (χ2v) is 9.17. The summed E-state index contributed by atoms with van der Waals surface area (Å²) in [6.07, 6.45) is 0.194. The summed E-state index contributed by atoms with van der Waals surface area (Å²) in [6, 6.07) is 22.6. The van der Waals surface area contributed by atoms with E-state index in [1.54, 1.807) is 24.3 Å². The summed E-state index contributed by atoms with van der Waals surface area (Å²) in [5, 5.41) is 0. The number of hydrogen-bond acceptors (Lipinski definition) is 5. The van der Waals surface area contributed by atoms with Crippen LogP contribution in [0.5, 0.6) is 5.75 Å². The zero-order valence-electron chi connectivity index (χ0n) is 17.0. The van der Waals surface area contributed by atoms with Gasteiger partial charge in [-0.25, -0.2) is 8.42 Å². The van der Waals surface area contributed by atoms with Gasteiger partial charge in [-0.2, -0.15) is 4.22 Å². The van der Waals surface area contributed by atoms with Crippen LogP contribution < -0.4 is 4.74 Å². The monoisotopic (exact) mass is 434 g/mol. The van der Waals surface area contributed by atoms with Crippen LogP contribution in [0.25, 0.3) is 0 Å². The van der Waals surface area contributed by atoms with Gasteiger partial charge >= 0.3 is 13.6 Å². The fraction of sp³-hybridized carbons (Fsp3) is 0.174. The van der Waals surface area contributed by atoms with E-state index >= 15 is 0 Å². The first-order valence-corrected chi connectivity index (χ1v) is 11.3. The van der Waals surface area contributed by atoms with Gasteiger partial charge in [-0.05, 0) is 48.7 Å². The third-order valence-electron chi connectivity index (χ3n) is 5.05. The molecule has 1 fully saturated rings. The molecule has 0 spiro atoms. The summed E-state index contributed by atoms with van der Waals surface area (Å²) in [5.74, 6) is 0.0948. The van der Waals surface area contributed by atoms with Gasteiger partial charge in [0, 0.05) is 0 Å². The van der Waals surface area contributed by atoms with Crippen LogP contribution in [0.1, 0.15) is 16.7 Å². The fourth-order valence-electron chi connectivity index (χ4n) is 3.28. The molecule has 1 aliphatic heterocycles. The number of hydrogen-bond donors (Lipinski definition) is 0. The van der Waals surface area contributed by atoms with Crippen molar-refractivity contribution in [1.82, 2.24) is 4.22 Å². The van der Waals surface area contributed by atoms with E-state index in [-0.39, 0.29) is 11.3 Å². The molecule has 1 heterocycles. The minimum atomic E-state index is -3.90. The van der Waals surface area contributed by atoms with Crippen molar-refractivity contribution in [3.8, 4) is 5.75 Å². The molecule has 3 aromatic rings. The van der Waals surface area contributed by atoms with Crippen LogP contribution in [0, 0.1) is 6.92 Å². The van der Waals surface area contributed by atoms with Gasteiger partial charge in [-0.1, -0.05) is 60.2 Å². The van der Waals surface area contributed by atoms with Crippen molar-refractivity contribution in [3.05, 3.63) is 95.6 Å². The molecule has 0 saturated carbocycles. The van der Waals surface area contributed by atoms with E-state index < -0.39 is 22.0 Å². The van der Waals surface area contributed by atoms with E-state index in [0.29, 0.717) is 12.4 Å². The lowest BCUT2D eigenvalue weighted by Crippen LogP contribution is -2.40. The molecule has 1 radical (unpaired) electrons. The molecular weight excluding hydrogens is 413 g/mol. The molecule has 1 atom stereocenters. The molecule has 31 heavy (non-hydrogen) atoms. The van der Waals surface area contributed by atoms with Crippen molar-refractivity contribution >= 4 is 23.6 Å². The maximum Gasteiger partial charge on any atom is 0.498 e. The van der Waals surface area contributed by atoms with Crippen molar-refractivity contribution < 1.29 is 22.6 Å². The highest BCUT2D eigenvalue weighted by molar-refractivity contribution is 7.90. The predicted molar refractivity (Wildman–Crippen MR) is 117 cm³/mol. The molecule has 0 unspecified atom stereocenters. The molecular formula is C23H21BNO5S. The highest BCUT2D eigenvalue weighted by Crippen LogP contribution is 2.25. The van der Waals surface area contributed by atoms with E-state index in [4.69, 9.17) is 9.39 Å². The van der Waals surface area contributed by atoms with E-state index in [9.17, 15) is 13.2 Å².